The van der Waals surface area contributed by atoms with Gasteiger partial charge in [0, 0.05) is 11.1 Å². The van der Waals surface area contributed by atoms with Gasteiger partial charge in [0.05, 0.1) is 22.5 Å². The first kappa shape index (κ1) is 17.7. The zero-order valence-corrected chi connectivity index (χ0v) is 14.8. The second kappa shape index (κ2) is 6.18. The lowest BCUT2D eigenvalue weighted by molar-refractivity contribution is 0.0980. The number of carbonyl (C=O) groups is 2. The monoisotopic (exact) mass is 397 g/mol. The third-order valence-corrected chi connectivity index (χ3v) is 5.11. The molecule has 0 bridgehead atoms. The molecule has 0 amide bonds. The highest BCUT2D eigenvalue weighted by Crippen LogP contribution is 2.39. The summed E-state index contributed by atoms with van der Waals surface area (Å²) in [5.41, 5.74) is 5.08. The van der Waals surface area contributed by atoms with Crippen LogP contribution in [-0.2, 0) is 10.1 Å². The standard InChI is InChI=1S/C17H11N5O5S/c18-14-11(28(25,26)27)5-10(22-17-20-6-19-7-21-17)12-13(14)16(24)9-4-2-1-3-8(9)15(12)23/h1-7H,18H2,(H,25,26,27)(H,19,20,21,22). The van der Waals surface area contributed by atoms with Crippen molar-refractivity contribution >= 4 is 39.0 Å². The number of benzene rings is 2. The number of hydrogen-bond donors (Lipinski definition) is 3. The lowest BCUT2D eigenvalue weighted by Crippen LogP contribution is -2.25. The number of nitrogens with zero attached hydrogens (tertiary/aromatic N) is 3. The average Bonchev–Trinajstić information content (AvgIpc) is 2.67. The minimum atomic E-state index is -4.78. The van der Waals surface area contributed by atoms with Gasteiger partial charge in [-0.15, -0.1) is 0 Å². The van der Waals surface area contributed by atoms with E-state index < -0.39 is 32.3 Å². The highest BCUT2D eigenvalue weighted by atomic mass is 32.2. The van der Waals surface area contributed by atoms with Gasteiger partial charge in [-0.2, -0.15) is 8.42 Å². The third kappa shape index (κ3) is 2.69. The fraction of sp³-hybridized carbons (Fsp3) is 0. The maximum absolute atomic E-state index is 13.1. The Bertz CT molecular complexity index is 1260. The molecule has 4 rings (SSSR count). The number of fused-ring (bicyclic) bond motifs is 2. The zero-order chi connectivity index (χ0) is 20.1. The molecule has 28 heavy (non-hydrogen) atoms. The Kier molecular flexibility index (Phi) is 3.91. The van der Waals surface area contributed by atoms with Crippen LogP contribution < -0.4 is 11.1 Å². The van der Waals surface area contributed by atoms with Crippen molar-refractivity contribution in [3.63, 3.8) is 0 Å². The van der Waals surface area contributed by atoms with Crippen LogP contribution in [0.1, 0.15) is 31.8 Å². The number of nitrogens with one attached hydrogen (secondary N) is 1. The second-order valence-corrected chi connectivity index (χ2v) is 7.24. The summed E-state index contributed by atoms with van der Waals surface area (Å²) in [7, 11) is -4.78. The number of carbonyl (C=O) groups excluding carboxylic acids is 2. The summed E-state index contributed by atoms with van der Waals surface area (Å²) >= 11 is 0. The summed E-state index contributed by atoms with van der Waals surface area (Å²) < 4.78 is 33.1. The fourth-order valence-corrected chi connectivity index (χ4v) is 3.68. The van der Waals surface area contributed by atoms with Gasteiger partial charge in [0.15, 0.2) is 11.6 Å². The van der Waals surface area contributed by atoms with Crippen LogP contribution >= 0.6 is 0 Å². The van der Waals surface area contributed by atoms with Crippen molar-refractivity contribution in [2.45, 2.75) is 4.90 Å². The van der Waals surface area contributed by atoms with Gasteiger partial charge in [-0.05, 0) is 6.07 Å². The van der Waals surface area contributed by atoms with Gasteiger partial charge in [-0.25, -0.2) is 15.0 Å². The predicted octanol–water partition coefficient (Wildman–Crippen LogP) is 1.22. The summed E-state index contributed by atoms with van der Waals surface area (Å²) in [5, 5.41) is 2.69. The molecule has 1 aliphatic carbocycles. The van der Waals surface area contributed by atoms with Crippen molar-refractivity contribution in [2.75, 3.05) is 11.1 Å². The Morgan fingerprint density at radius 1 is 0.964 bits per heavy atom. The molecule has 0 radical (unpaired) electrons. The normalized spacial score (nSPS) is 13.0. The van der Waals surface area contributed by atoms with E-state index in [2.05, 4.69) is 20.3 Å². The predicted molar refractivity (Wildman–Crippen MR) is 97.1 cm³/mol. The zero-order valence-electron chi connectivity index (χ0n) is 13.9. The lowest BCUT2D eigenvalue weighted by atomic mass is 9.82. The Morgan fingerprint density at radius 2 is 1.54 bits per heavy atom. The van der Waals surface area contributed by atoms with Crippen molar-refractivity contribution in [3.05, 3.63) is 65.2 Å². The first-order chi connectivity index (χ1) is 13.3. The van der Waals surface area contributed by atoms with Gasteiger partial charge in [0.25, 0.3) is 10.1 Å². The number of nitrogens with two attached hydrogens (primary N) is 1. The van der Waals surface area contributed by atoms with Crippen LogP contribution in [-0.4, -0.2) is 39.5 Å². The molecule has 10 nitrogen and oxygen atoms in total. The molecule has 1 aliphatic rings. The SMILES string of the molecule is Nc1c(S(=O)(=O)O)cc(Nc2ncncn2)c2c1C(=O)c1ccccc1C2=O. The smallest absolute Gasteiger partial charge is 0.296 e. The maximum Gasteiger partial charge on any atom is 0.296 e. The summed E-state index contributed by atoms with van der Waals surface area (Å²) in [5.74, 6) is -1.16. The van der Waals surface area contributed by atoms with E-state index in [1.165, 1.54) is 24.8 Å². The molecule has 140 valence electrons. The van der Waals surface area contributed by atoms with E-state index in [0.29, 0.717) is 0 Å². The Hall–Kier alpha value is -3.70. The largest absolute Gasteiger partial charge is 0.397 e. The summed E-state index contributed by atoms with van der Waals surface area (Å²) in [6, 6.07) is 7.06. The summed E-state index contributed by atoms with van der Waals surface area (Å²) in [4.78, 5) is 36.7. The Balaban J connectivity index is 2.05. The molecule has 0 saturated heterocycles. The number of rotatable bonds is 3. The van der Waals surface area contributed by atoms with Crippen LogP contribution in [0.2, 0.25) is 0 Å². The van der Waals surface area contributed by atoms with Gasteiger partial charge in [-0.1, -0.05) is 24.3 Å². The van der Waals surface area contributed by atoms with E-state index in [1.54, 1.807) is 12.1 Å². The number of aromatic nitrogens is 3. The third-order valence-electron chi connectivity index (χ3n) is 4.22. The highest BCUT2D eigenvalue weighted by molar-refractivity contribution is 7.86. The summed E-state index contributed by atoms with van der Waals surface area (Å²) in [6.07, 6.45) is 2.37. The van der Waals surface area contributed by atoms with Crippen molar-refractivity contribution < 1.29 is 22.6 Å². The number of ketones is 2. The molecule has 0 aliphatic heterocycles. The lowest BCUT2D eigenvalue weighted by Gasteiger charge is -2.23. The van der Waals surface area contributed by atoms with Gasteiger partial charge in [0.1, 0.15) is 17.6 Å². The van der Waals surface area contributed by atoms with Crippen molar-refractivity contribution in [1.29, 1.82) is 0 Å². The van der Waals surface area contributed by atoms with Gasteiger partial charge >= 0.3 is 0 Å². The van der Waals surface area contributed by atoms with Crippen LogP contribution in [0.3, 0.4) is 0 Å². The van der Waals surface area contributed by atoms with E-state index in [-0.39, 0.29) is 33.9 Å². The first-order valence-electron chi connectivity index (χ1n) is 7.80. The maximum atomic E-state index is 13.1. The van der Waals surface area contributed by atoms with E-state index >= 15 is 0 Å². The topological polar surface area (TPSA) is 165 Å². The van der Waals surface area contributed by atoms with E-state index in [9.17, 15) is 22.6 Å². The molecule has 1 aromatic heterocycles. The minimum Gasteiger partial charge on any atom is -0.397 e. The Labute approximate surface area is 158 Å². The highest BCUT2D eigenvalue weighted by Gasteiger charge is 2.36. The molecule has 11 heteroatoms. The van der Waals surface area contributed by atoms with Crippen LogP contribution in [0.5, 0.6) is 0 Å². The number of anilines is 3. The number of nitrogen functional groups attached to an aromatic ring is 1. The summed E-state index contributed by atoms with van der Waals surface area (Å²) in [6.45, 7) is 0. The molecule has 0 fully saturated rings. The van der Waals surface area contributed by atoms with E-state index in [1.807, 2.05) is 0 Å². The molecule has 4 N–H and O–H groups in total. The molecule has 0 unspecified atom stereocenters. The molecular weight excluding hydrogens is 386 g/mol. The van der Waals surface area contributed by atoms with Gasteiger partial charge in [-0.3, -0.25) is 14.1 Å². The molecule has 0 spiro atoms. The van der Waals surface area contributed by atoms with Crippen LogP contribution in [0.25, 0.3) is 0 Å². The van der Waals surface area contributed by atoms with Gasteiger partial charge < -0.3 is 11.1 Å². The number of hydrogen-bond acceptors (Lipinski definition) is 9. The molecular formula is C17H11N5O5S. The minimum absolute atomic E-state index is 0.00219. The van der Waals surface area contributed by atoms with Crippen molar-refractivity contribution in [3.8, 4) is 0 Å². The van der Waals surface area contributed by atoms with E-state index in [0.717, 1.165) is 6.07 Å². The van der Waals surface area contributed by atoms with Crippen molar-refractivity contribution in [2.24, 2.45) is 0 Å². The fourth-order valence-electron chi connectivity index (χ4n) is 3.03. The second-order valence-electron chi connectivity index (χ2n) is 5.85. The molecule has 1 heterocycles. The van der Waals surface area contributed by atoms with Crippen LogP contribution in [0.4, 0.5) is 17.3 Å². The molecule has 3 aromatic rings. The molecule has 0 atom stereocenters. The molecule has 0 saturated carbocycles. The Morgan fingerprint density at radius 3 is 2.11 bits per heavy atom. The molecule has 2 aromatic carbocycles. The van der Waals surface area contributed by atoms with Crippen LogP contribution in [0.15, 0.2) is 47.9 Å². The average molecular weight is 397 g/mol. The van der Waals surface area contributed by atoms with Gasteiger partial charge in [0.2, 0.25) is 5.95 Å². The van der Waals surface area contributed by atoms with Crippen molar-refractivity contribution in [1.82, 2.24) is 15.0 Å². The van der Waals surface area contributed by atoms with E-state index in [4.69, 9.17) is 5.73 Å². The quantitative estimate of drug-likeness (QED) is 0.338. The first-order valence-corrected chi connectivity index (χ1v) is 9.24. The van der Waals surface area contributed by atoms with Crippen LogP contribution in [0, 0.1) is 0 Å².